The fourth-order valence-electron chi connectivity index (χ4n) is 7.61. The van der Waals surface area contributed by atoms with Crippen molar-refractivity contribution in [2.45, 2.75) is 46.4 Å². The summed E-state index contributed by atoms with van der Waals surface area (Å²) in [6, 6.07) is 34.2. The lowest BCUT2D eigenvalue weighted by atomic mass is 9.98. The van der Waals surface area contributed by atoms with Crippen molar-refractivity contribution in [3.05, 3.63) is 155 Å². The molecule has 0 unspecified atom stereocenters. The minimum absolute atomic E-state index is 0.0741. The van der Waals surface area contributed by atoms with Crippen LogP contribution in [0.5, 0.6) is 5.75 Å². The van der Waals surface area contributed by atoms with Gasteiger partial charge in [0, 0.05) is 45.8 Å². The van der Waals surface area contributed by atoms with E-state index in [1.165, 1.54) is 53.7 Å². The number of ether oxygens (including phenoxy) is 1. The van der Waals surface area contributed by atoms with Crippen molar-refractivity contribution in [1.29, 1.82) is 0 Å². The molecule has 0 bridgehead atoms. The number of halogens is 1. The highest BCUT2D eigenvalue weighted by Gasteiger charge is 2.28. The van der Waals surface area contributed by atoms with Gasteiger partial charge < -0.3 is 25.8 Å². The second kappa shape index (κ2) is 26.4. The van der Waals surface area contributed by atoms with E-state index < -0.39 is 30.4 Å². The highest BCUT2D eigenvalue weighted by atomic mass is 35.5. The maximum Gasteiger partial charge on any atom is 0.294 e. The quantitative estimate of drug-likeness (QED) is 0.0499. The third kappa shape index (κ3) is 17.1. The molecule has 2 heterocycles. The number of benzene rings is 5. The number of piperazine rings is 1. The van der Waals surface area contributed by atoms with Gasteiger partial charge in [0.25, 0.3) is 36.3 Å². The van der Waals surface area contributed by atoms with Gasteiger partial charge in [-0.1, -0.05) is 84.4 Å². The summed E-state index contributed by atoms with van der Waals surface area (Å²) >= 11 is 6.43. The molecule has 1 aliphatic heterocycles. The van der Waals surface area contributed by atoms with Gasteiger partial charge in [-0.05, 0) is 91.4 Å². The maximum absolute atomic E-state index is 12.3. The second-order valence-electron chi connectivity index (χ2n) is 15.8. The third-order valence-corrected chi connectivity index (χ3v) is 14.0. The molecule has 8 rings (SSSR count). The number of nitrogens with one attached hydrogen (secondary N) is 3. The van der Waals surface area contributed by atoms with E-state index in [0.717, 1.165) is 69.8 Å². The molecule has 1 atom stereocenters. The lowest BCUT2D eigenvalue weighted by Crippen LogP contribution is -2.51. The molecule has 7 N–H and O–H groups in total. The van der Waals surface area contributed by atoms with Gasteiger partial charge in [-0.3, -0.25) is 28.3 Å². The van der Waals surface area contributed by atoms with E-state index in [4.69, 9.17) is 30.0 Å². The Morgan fingerprint density at radius 1 is 0.718 bits per heavy atom. The largest absolute Gasteiger partial charge is 0.494 e. The maximum atomic E-state index is 12.3. The van der Waals surface area contributed by atoms with Crippen LogP contribution in [0.15, 0.2) is 148 Å². The third-order valence-electron chi connectivity index (χ3n) is 11.1. The summed E-state index contributed by atoms with van der Waals surface area (Å²) < 4.78 is 93.7. The van der Waals surface area contributed by atoms with Crippen molar-refractivity contribution in [1.82, 2.24) is 25.1 Å². The first-order valence-corrected chi connectivity index (χ1v) is 26.7. The summed E-state index contributed by atoms with van der Waals surface area (Å²) in [5.41, 5.74) is 4.41. The van der Waals surface area contributed by atoms with Gasteiger partial charge in [0.05, 0.1) is 51.5 Å². The first-order valence-electron chi connectivity index (χ1n) is 22.0. The molecule has 0 spiro atoms. The Kier molecular flexibility index (Phi) is 20.8. The SMILES string of the molecule is CNC(=O)c1ccccc1Nc1nc(Nc2ccc3c(c2OC)CCC[C@H](N2CCN(CCO)CC2)C3)ncc1Cl.O=S(=O)(O)c1ccccc1.O=S(=O)(O)c1ccccc1.O=S(=O)(O)c1ccccc1. The predicted molar refractivity (Wildman–Crippen MR) is 271 cm³/mol. The van der Waals surface area contributed by atoms with Gasteiger partial charge in [0.1, 0.15) is 10.8 Å². The zero-order valence-corrected chi connectivity index (χ0v) is 42.0. The fraction of sp³-hybridized carbons (Fsp3) is 0.271. The lowest BCUT2D eigenvalue weighted by molar-refractivity contribution is 0.0805. The Balaban J connectivity index is 0.000000249. The Labute approximate surface area is 419 Å². The van der Waals surface area contributed by atoms with E-state index in [9.17, 15) is 35.2 Å². The van der Waals surface area contributed by atoms with Crippen LogP contribution in [0.1, 0.15) is 34.3 Å². The van der Waals surface area contributed by atoms with E-state index in [2.05, 4.69) is 41.8 Å². The Hall–Kier alpha value is -6.05. The molecular weight excluding hydrogens is 998 g/mol. The molecule has 1 saturated heterocycles. The van der Waals surface area contributed by atoms with E-state index in [0.29, 0.717) is 34.1 Å². The van der Waals surface area contributed by atoms with Gasteiger partial charge in [-0.15, -0.1) is 0 Å². The van der Waals surface area contributed by atoms with Crippen LogP contribution in [-0.2, 0) is 43.2 Å². The Morgan fingerprint density at radius 3 is 1.72 bits per heavy atom. The molecule has 1 aliphatic carbocycles. The zero-order chi connectivity index (χ0) is 51.6. The van der Waals surface area contributed by atoms with Gasteiger partial charge in [0.15, 0.2) is 5.82 Å². The molecule has 71 heavy (non-hydrogen) atoms. The zero-order valence-electron chi connectivity index (χ0n) is 38.8. The van der Waals surface area contributed by atoms with Crippen LogP contribution in [0.4, 0.5) is 23.1 Å². The number of nitrogens with zero attached hydrogens (tertiary/aromatic N) is 4. The van der Waals surface area contributed by atoms with Crippen LogP contribution >= 0.6 is 11.6 Å². The number of methoxy groups -OCH3 is 1. The fourth-order valence-corrected chi connectivity index (χ4v) is 9.25. The van der Waals surface area contributed by atoms with Crippen molar-refractivity contribution in [3.8, 4) is 5.75 Å². The molecule has 19 nitrogen and oxygen atoms in total. The van der Waals surface area contributed by atoms with Crippen LogP contribution in [0.2, 0.25) is 5.02 Å². The number of carbonyl (C=O) groups excluding carboxylic acids is 1. The number of amides is 1. The van der Waals surface area contributed by atoms with Crippen molar-refractivity contribution >= 4 is 71.0 Å². The highest BCUT2D eigenvalue weighted by Crippen LogP contribution is 2.38. The highest BCUT2D eigenvalue weighted by molar-refractivity contribution is 7.86. The Morgan fingerprint density at radius 2 is 1.24 bits per heavy atom. The van der Waals surface area contributed by atoms with Gasteiger partial charge in [-0.25, -0.2) is 4.98 Å². The standard InChI is InChI=1S/C30H38ClN7O3.3C6H6O3S/c1-32-29(40)23-7-3-4-9-25(23)34-28-24(31)19-33-30(36-28)35-26-11-10-20-18-21(6-5-8-22(20)27(26)41-2)38-14-12-37(13-15-38)16-17-39;3*7-10(8,9)6-4-2-1-3-5-6/h3-4,7,9-11,19,21,39H,5-6,8,12-18H2,1-2H3,(H,32,40)(H2,33,34,35,36);3*1-5H,(H,7,8,9)/t21-;;;/m0.../s1. The normalized spacial score (nSPS) is 15.1. The molecule has 380 valence electrons. The van der Waals surface area contributed by atoms with Gasteiger partial charge in [0.2, 0.25) is 5.95 Å². The number of anilines is 4. The minimum atomic E-state index is -4.00. The first kappa shape index (κ1) is 55.9. The predicted octanol–water partition coefficient (Wildman–Crippen LogP) is 6.64. The van der Waals surface area contributed by atoms with Crippen LogP contribution in [-0.4, -0.2) is 129 Å². The number of hydrogen-bond donors (Lipinski definition) is 7. The smallest absolute Gasteiger partial charge is 0.294 e. The monoisotopic (exact) mass is 1050 g/mol. The van der Waals surface area contributed by atoms with Crippen LogP contribution < -0.4 is 20.7 Å². The van der Waals surface area contributed by atoms with Crippen molar-refractivity contribution in [3.63, 3.8) is 0 Å². The molecule has 0 saturated carbocycles. The topological polar surface area (TPSA) is 278 Å². The molecule has 1 aromatic heterocycles. The molecule has 1 fully saturated rings. The number of carbonyl (C=O) groups is 1. The van der Waals surface area contributed by atoms with Crippen LogP contribution in [0.25, 0.3) is 0 Å². The molecule has 6 aromatic rings. The summed E-state index contributed by atoms with van der Waals surface area (Å²) in [4.78, 5) is 26.0. The summed E-state index contributed by atoms with van der Waals surface area (Å²) in [7, 11) is -8.71. The summed E-state index contributed by atoms with van der Waals surface area (Å²) in [6.07, 6.45) is 5.70. The number of aromatic nitrogens is 2. The number of β-amino-alcohol motifs (C(OH)–C–C–N with tert-alkyl or cyclic N) is 1. The molecule has 0 radical (unpaired) electrons. The molecule has 5 aromatic carbocycles. The van der Waals surface area contributed by atoms with E-state index >= 15 is 0 Å². The van der Waals surface area contributed by atoms with Crippen LogP contribution in [0, 0.1) is 0 Å². The number of aliphatic hydroxyl groups excluding tert-OH is 1. The minimum Gasteiger partial charge on any atom is -0.494 e. The molecular formula is C48H56ClN7O12S3. The van der Waals surface area contributed by atoms with E-state index in [1.54, 1.807) is 87.0 Å². The molecule has 1 amide bonds. The lowest BCUT2D eigenvalue weighted by Gasteiger charge is -2.39. The first-order chi connectivity index (χ1) is 33.8. The summed E-state index contributed by atoms with van der Waals surface area (Å²) in [5, 5.41) is 18.8. The number of aliphatic hydroxyl groups is 1. The second-order valence-corrected chi connectivity index (χ2v) is 20.4. The van der Waals surface area contributed by atoms with Crippen LogP contribution in [0.3, 0.4) is 0 Å². The number of para-hydroxylation sites is 1. The Bertz CT molecular complexity index is 2850. The average Bonchev–Trinajstić information content (AvgIpc) is 3.59. The van der Waals surface area contributed by atoms with Gasteiger partial charge >= 0.3 is 0 Å². The van der Waals surface area contributed by atoms with E-state index in [1.807, 2.05) is 12.1 Å². The van der Waals surface area contributed by atoms with Crippen molar-refractivity contribution in [2.24, 2.45) is 0 Å². The summed E-state index contributed by atoms with van der Waals surface area (Å²) in [5.74, 6) is 1.35. The number of hydrogen-bond acceptors (Lipinski definition) is 15. The average molecular weight is 1050 g/mol. The molecule has 2 aliphatic rings. The number of fused-ring (bicyclic) bond motifs is 1. The van der Waals surface area contributed by atoms with Crippen molar-refractivity contribution < 1.29 is 53.5 Å². The van der Waals surface area contributed by atoms with Crippen molar-refractivity contribution in [2.75, 3.05) is 64.1 Å². The van der Waals surface area contributed by atoms with Gasteiger partial charge in [-0.2, -0.15) is 30.2 Å². The molecule has 23 heteroatoms. The summed E-state index contributed by atoms with van der Waals surface area (Å²) in [6.45, 7) is 5.06. The number of rotatable bonds is 12. The van der Waals surface area contributed by atoms with E-state index in [-0.39, 0.29) is 27.2 Å².